The van der Waals surface area contributed by atoms with Crippen LogP contribution >= 0.6 is 22.7 Å². The number of hydrogen-bond donors (Lipinski definition) is 1. The Balaban J connectivity index is 1.47. The number of likely N-dealkylation sites (tertiary alicyclic amines) is 1. The van der Waals surface area contributed by atoms with Crippen molar-refractivity contribution in [3.63, 3.8) is 0 Å². The molecule has 3 nitrogen and oxygen atoms in total. The zero-order chi connectivity index (χ0) is 18.6. The summed E-state index contributed by atoms with van der Waals surface area (Å²) in [5, 5.41) is 7.48. The van der Waals surface area contributed by atoms with E-state index >= 15 is 0 Å². The van der Waals surface area contributed by atoms with E-state index in [2.05, 4.69) is 16.8 Å². The van der Waals surface area contributed by atoms with Crippen molar-refractivity contribution in [2.45, 2.75) is 24.9 Å². The third-order valence-electron chi connectivity index (χ3n) is 4.93. The number of carbonyl (C=O) groups excluding carboxylic acids is 1. The van der Waals surface area contributed by atoms with Crippen LogP contribution in [0.2, 0.25) is 0 Å². The van der Waals surface area contributed by atoms with Crippen LogP contribution in [0.5, 0.6) is 0 Å². The Hall–Kier alpha value is -2.02. The van der Waals surface area contributed by atoms with Gasteiger partial charge in [0.1, 0.15) is 5.82 Å². The van der Waals surface area contributed by atoms with E-state index in [4.69, 9.17) is 0 Å². The Kier molecular flexibility index (Phi) is 5.66. The summed E-state index contributed by atoms with van der Waals surface area (Å²) in [6.07, 6.45) is 2.07. The quantitative estimate of drug-likeness (QED) is 0.632. The van der Waals surface area contributed by atoms with E-state index in [-0.39, 0.29) is 30.4 Å². The van der Waals surface area contributed by atoms with Gasteiger partial charge in [-0.3, -0.25) is 10.1 Å². The molecule has 3 aromatic rings. The highest BCUT2D eigenvalue weighted by molar-refractivity contribution is 7.10. The molecule has 4 rings (SSSR count). The lowest BCUT2D eigenvalue weighted by atomic mass is 10.1. The highest BCUT2D eigenvalue weighted by Gasteiger charge is 2.30. The van der Waals surface area contributed by atoms with Gasteiger partial charge < -0.3 is 4.90 Å². The van der Waals surface area contributed by atoms with Gasteiger partial charge in [0.25, 0.3) is 0 Å². The lowest BCUT2D eigenvalue weighted by molar-refractivity contribution is -0.131. The van der Waals surface area contributed by atoms with E-state index in [0.717, 1.165) is 29.8 Å². The first-order valence-corrected chi connectivity index (χ1v) is 10.8. The van der Waals surface area contributed by atoms with Crippen LogP contribution in [0, 0.1) is 5.82 Å². The van der Waals surface area contributed by atoms with Crippen molar-refractivity contribution in [2.24, 2.45) is 0 Å². The van der Waals surface area contributed by atoms with Crippen LogP contribution in [0.3, 0.4) is 0 Å². The zero-order valence-electron chi connectivity index (χ0n) is 14.8. The van der Waals surface area contributed by atoms with Crippen molar-refractivity contribution >= 4 is 28.6 Å². The summed E-state index contributed by atoms with van der Waals surface area (Å²) < 4.78 is 13.3. The fourth-order valence-electron chi connectivity index (χ4n) is 3.63. The Morgan fingerprint density at radius 1 is 1.15 bits per heavy atom. The van der Waals surface area contributed by atoms with Crippen molar-refractivity contribution in [3.05, 3.63) is 80.4 Å². The molecule has 2 aromatic heterocycles. The molecule has 1 aromatic carbocycles. The second-order valence-electron chi connectivity index (χ2n) is 6.64. The third kappa shape index (κ3) is 4.13. The standard InChI is InChI=1S/C21H21FN2OS2/c22-16-9-7-15(8-10-16)21(19-6-3-13-27-19)23-14-20(25)24-11-1-4-17(24)18-5-2-12-26-18/h2-3,5-10,12-13,17,21,23H,1,4,11,14H2. The largest absolute Gasteiger partial charge is 0.334 e. The maximum atomic E-state index is 13.3. The Bertz CT molecular complexity index is 862. The minimum Gasteiger partial charge on any atom is -0.334 e. The van der Waals surface area contributed by atoms with Crippen LogP contribution in [0.15, 0.2) is 59.3 Å². The van der Waals surface area contributed by atoms with Crippen molar-refractivity contribution in [1.82, 2.24) is 10.2 Å². The lowest BCUT2D eigenvalue weighted by Crippen LogP contribution is -2.39. The van der Waals surface area contributed by atoms with Gasteiger partial charge in [-0.2, -0.15) is 0 Å². The number of nitrogens with one attached hydrogen (secondary N) is 1. The molecule has 1 aliphatic heterocycles. The van der Waals surface area contributed by atoms with E-state index in [9.17, 15) is 9.18 Å². The summed E-state index contributed by atoms with van der Waals surface area (Å²) in [4.78, 5) is 17.3. The predicted molar refractivity (Wildman–Crippen MR) is 109 cm³/mol. The van der Waals surface area contributed by atoms with Crippen molar-refractivity contribution in [3.8, 4) is 0 Å². The molecule has 1 amide bonds. The van der Waals surface area contributed by atoms with E-state index in [1.807, 2.05) is 28.5 Å². The summed E-state index contributed by atoms with van der Waals surface area (Å²) in [5.41, 5.74) is 0.961. The molecule has 2 unspecified atom stereocenters. The Morgan fingerprint density at radius 3 is 2.63 bits per heavy atom. The van der Waals surface area contributed by atoms with Crippen LogP contribution in [0.1, 0.15) is 40.2 Å². The third-order valence-corrected chi connectivity index (χ3v) is 6.84. The van der Waals surface area contributed by atoms with Crippen molar-refractivity contribution in [2.75, 3.05) is 13.1 Å². The van der Waals surface area contributed by atoms with Crippen molar-refractivity contribution < 1.29 is 9.18 Å². The highest BCUT2D eigenvalue weighted by atomic mass is 32.1. The molecular weight excluding hydrogens is 379 g/mol. The van der Waals surface area contributed by atoms with Crippen LogP contribution in [0.25, 0.3) is 0 Å². The molecule has 140 valence electrons. The molecular formula is C21H21FN2OS2. The predicted octanol–water partition coefficient (Wildman–Crippen LogP) is 4.99. The van der Waals surface area contributed by atoms with Gasteiger partial charge in [0.2, 0.25) is 5.91 Å². The van der Waals surface area contributed by atoms with Crippen LogP contribution < -0.4 is 5.32 Å². The SMILES string of the molecule is O=C(CNC(c1ccc(F)cc1)c1cccs1)N1CCCC1c1cccs1. The number of amides is 1. The zero-order valence-corrected chi connectivity index (χ0v) is 16.4. The van der Waals surface area contributed by atoms with Crippen LogP contribution in [-0.2, 0) is 4.79 Å². The normalized spacial score (nSPS) is 18.0. The number of thiophene rings is 2. The van der Waals surface area contributed by atoms with Gasteiger partial charge in [-0.15, -0.1) is 22.7 Å². The van der Waals surface area contributed by atoms with Gasteiger partial charge in [-0.05, 0) is 53.4 Å². The summed E-state index contributed by atoms with van der Waals surface area (Å²) in [6.45, 7) is 1.07. The Morgan fingerprint density at radius 2 is 1.93 bits per heavy atom. The fourth-order valence-corrected chi connectivity index (χ4v) is 5.33. The average Bonchev–Trinajstić information content (AvgIpc) is 3.44. The molecule has 2 atom stereocenters. The van der Waals surface area contributed by atoms with Crippen molar-refractivity contribution in [1.29, 1.82) is 0 Å². The molecule has 1 fully saturated rings. The van der Waals surface area contributed by atoms with E-state index in [1.165, 1.54) is 17.0 Å². The number of carbonyl (C=O) groups is 1. The summed E-state index contributed by atoms with van der Waals surface area (Å²) >= 11 is 3.35. The van der Waals surface area contributed by atoms with Gasteiger partial charge in [-0.1, -0.05) is 24.3 Å². The first-order chi connectivity index (χ1) is 13.2. The monoisotopic (exact) mass is 400 g/mol. The number of hydrogen-bond acceptors (Lipinski definition) is 4. The summed E-state index contributed by atoms with van der Waals surface area (Å²) in [6, 6.07) is 14.8. The smallest absolute Gasteiger partial charge is 0.237 e. The first kappa shape index (κ1) is 18.3. The van der Waals surface area contributed by atoms with Gasteiger partial charge in [0.05, 0.1) is 18.6 Å². The molecule has 6 heteroatoms. The molecule has 0 bridgehead atoms. The first-order valence-electron chi connectivity index (χ1n) is 9.07. The molecule has 0 saturated carbocycles. The van der Waals surface area contributed by atoms with Gasteiger partial charge in [0, 0.05) is 16.3 Å². The molecule has 1 aliphatic rings. The van der Waals surface area contributed by atoms with E-state index in [0.29, 0.717) is 0 Å². The molecule has 0 aliphatic carbocycles. The van der Waals surface area contributed by atoms with E-state index < -0.39 is 0 Å². The Labute approximate surface area is 166 Å². The summed E-state index contributed by atoms with van der Waals surface area (Å²) in [5.74, 6) is -0.134. The maximum Gasteiger partial charge on any atom is 0.237 e. The van der Waals surface area contributed by atoms with Crippen LogP contribution in [0.4, 0.5) is 4.39 Å². The molecule has 3 heterocycles. The number of nitrogens with zero attached hydrogens (tertiary/aromatic N) is 1. The second-order valence-corrected chi connectivity index (χ2v) is 8.60. The maximum absolute atomic E-state index is 13.3. The van der Waals surface area contributed by atoms with Crippen LogP contribution in [-0.4, -0.2) is 23.9 Å². The van der Waals surface area contributed by atoms with E-state index in [1.54, 1.807) is 34.8 Å². The second kappa shape index (κ2) is 8.33. The molecule has 0 spiro atoms. The topological polar surface area (TPSA) is 32.3 Å². The van der Waals surface area contributed by atoms with Gasteiger partial charge in [-0.25, -0.2) is 4.39 Å². The highest BCUT2D eigenvalue weighted by Crippen LogP contribution is 2.34. The molecule has 1 N–H and O–H groups in total. The fraction of sp³-hybridized carbons (Fsp3) is 0.286. The number of rotatable bonds is 6. The minimum atomic E-state index is -0.254. The van der Waals surface area contributed by atoms with Gasteiger partial charge >= 0.3 is 0 Å². The molecule has 0 radical (unpaired) electrons. The molecule has 1 saturated heterocycles. The summed E-state index contributed by atoms with van der Waals surface area (Å²) in [7, 11) is 0. The average molecular weight is 401 g/mol. The molecule has 27 heavy (non-hydrogen) atoms. The number of benzene rings is 1. The minimum absolute atomic E-state index is 0.114. The lowest BCUT2D eigenvalue weighted by Gasteiger charge is -2.26. The number of halogens is 1. The van der Waals surface area contributed by atoms with Gasteiger partial charge in [0.15, 0.2) is 0 Å².